The summed E-state index contributed by atoms with van der Waals surface area (Å²) in [5, 5.41) is 0. The van der Waals surface area contributed by atoms with Crippen LogP contribution in [0.5, 0.6) is 0 Å². The zero-order chi connectivity index (χ0) is 14.8. The summed E-state index contributed by atoms with van der Waals surface area (Å²) < 4.78 is 11.0. The summed E-state index contributed by atoms with van der Waals surface area (Å²) in [5.41, 5.74) is -0.497. The summed E-state index contributed by atoms with van der Waals surface area (Å²) >= 11 is 0. The number of cyclic esters (lactones) is 1. The van der Waals surface area contributed by atoms with E-state index < -0.39 is 5.41 Å². The van der Waals surface area contributed by atoms with Crippen LogP contribution >= 0.6 is 0 Å². The fraction of sp³-hybridized carbons (Fsp3) is 0.867. The van der Waals surface area contributed by atoms with Crippen LogP contribution in [0.4, 0.5) is 0 Å². The minimum absolute atomic E-state index is 0.00487. The molecule has 1 heterocycles. The third-order valence-electron chi connectivity index (χ3n) is 3.98. The Bertz CT molecular complexity index is 346. The maximum absolute atomic E-state index is 12.2. The molecule has 0 aliphatic carbocycles. The average molecular weight is 270 g/mol. The molecule has 19 heavy (non-hydrogen) atoms. The van der Waals surface area contributed by atoms with E-state index in [0.717, 1.165) is 6.42 Å². The lowest BCUT2D eigenvalue weighted by atomic mass is 9.86. The first-order valence-corrected chi connectivity index (χ1v) is 7.09. The van der Waals surface area contributed by atoms with Crippen molar-refractivity contribution in [3.63, 3.8) is 0 Å². The smallest absolute Gasteiger partial charge is 0.311 e. The van der Waals surface area contributed by atoms with Gasteiger partial charge in [0, 0.05) is 5.92 Å². The van der Waals surface area contributed by atoms with E-state index in [4.69, 9.17) is 9.47 Å². The van der Waals surface area contributed by atoms with Gasteiger partial charge in [-0.15, -0.1) is 0 Å². The van der Waals surface area contributed by atoms with E-state index in [9.17, 15) is 9.59 Å². The van der Waals surface area contributed by atoms with Gasteiger partial charge >= 0.3 is 11.9 Å². The van der Waals surface area contributed by atoms with Gasteiger partial charge in [-0.25, -0.2) is 0 Å². The molecule has 4 heteroatoms. The first kappa shape index (κ1) is 16.0. The largest absolute Gasteiger partial charge is 0.458 e. The second-order valence-corrected chi connectivity index (χ2v) is 6.49. The Kier molecular flexibility index (Phi) is 4.99. The molecule has 0 aromatic rings. The second-order valence-electron chi connectivity index (χ2n) is 6.49. The second kappa shape index (κ2) is 5.93. The topological polar surface area (TPSA) is 52.6 Å². The molecule has 3 unspecified atom stereocenters. The SMILES string of the molecule is CCC(C)(C)C(=O)OC1C(C)CC(=O)OC1C(C)C. The van der Waals surface area contributed by atoms with Crippen molar-refractivity contribution in [2.45, 2.75) is 66.6 Å². The number of rotatable bonds is 4. The zero-order valence-electron chi connectivity index (χ0n) is 12.9. The van der Waals surface area contributed by atoms with E-state index in [1.807, 2.05) is 41.5 Å². The molecule has 0 aromatic carbocycles. The van der Waals surface area contributed by atoms with Crippen molar-refractivity contribution in [3.05, 3.63) is 0 Å². The van der Waals surface area contributed by atoms with Crippen LogP contribution in [0.2, 0.25) is 0 Å². The molecule has 0 amide bonds. The summed E-state index contributed by atoms with van der Waals surface area (Å²) in [5.74, 6) is -0.275. The highest BCUT2D eigenvalue weighted by molar-refractivity contribution is 5.76. The summed E-state index contributed by atoms with van der Waals surface area (Å²) in [6, 6.07) is 0. The Balaban J connectivity index is 2.83. The van der Waals surface area contributed by atoms with Gasteiger partial charge in [-0.2, -0.15) is 0 Å². The lowest BCUT2D eigenvalue weighted by Gasteiger charge is -2.38. The van der Waals surface area contributed by atoms with Crippen molar-refractivity contribution in [2.75, 3.05) is 0 Å². The van der Waals surface area contributed by atoms with Gasteiger partial charge < -0.3 is 9.47 Å². The molecule has 1 rings (SSSR count). The summed E-state index contributed by atoms with van der Waals surface area (Å²) in [6.07, 6.45) is 0.358. The van der Waals surface area contributed by atoms with Gasteiger partial charge in [-0.05, 0) is 26.2 Å². The third kappa shape index (κ3) is 3.71. The van der Waals surface area contributed by atoms with E-state index in [1.54, 1.807) is 0 Å². The maximum Gasteiger partial charge on any atom is 0.311 e. The highest BCUT2D eigenvalue weighted by Crippen LogP contribution is 2.31. The maximum atomic E-state index is 12.2. The Morgan fingerprint density at radius 1 is 1.47 bits per heavy atom. The van der Waals surface area contributed by atoms with Crippen LogP contribution in [-0.2, 0) is 19.1 Å². The summed E-state index contributed by atoms with van der Waals surface area (Å²) in [6.45, 7) is 11.6. The number of ether oxygens (including phenoxy) is 2. The zero-order valence-corrected chi connectivity index (χ0v) is 12.9. The van der Waals surface area contributed by atoms with Gasteiger partial charge in [-0.1, -0.05) is 27.7 Å². The Hall–Kier alpha value is -1.06. The van der Waals surface area contributed by atoms with Crippen molar-refractivity contribution in [1.29, 1.82) is 0 Å². The predicted octanol–water partition coefficient (Wildman–Crippen LogP) is 2.94. The molecule has 3 atom stereocenters. The van der Waals surface area contributed by atoms with Crippen LogP contribution in [0.3, 0.4) is 0 Å². The minimum Gasteiger partial charge on any atom is -0.458 e. The van der Waals surface area contributed by atoms with Crippen molar-refractivity contribution in [2.24, 2.45) is 17.3 Å². The molecule has 0 aromatic heterocycles. The Labute approximate surface area is 115 Å². The van der Waals surface area contributed by atoms with Gasteiger partial charge in [0.25, 0.3) is 0 Å². The first-order chi connectivity index (χ1) is 8.69. The molecule has 4 nitrogen and oxygen atoms in total. The molecule has 0 radical (unpaired) electrons. The monoisotopic (exact) mass is 270 g/mol. The molecule has 1 aliphatic heterocycles. The molecular formula is C15H26O4. The molecule has 0 spiro atoms. The van der Waals surface area contributed by atoms with Crippen LogP contribution < -0.4 is 0 Å². The van der Waals surface area contributed by atoms with Gasteiger partial charge in [0.1, 0.15) is 12.2 Å². The molecule has 1 saturated heterocycles. The van der Waals surface area contributed by atoms with Crippen LogP contribution in [0.1, 0.15) is 54.4 Å². The quantitative estimate of drug-likeness (QED) is 0.737. The summed E-state index contributed by atoms with van der Waals surface area (Å²) in [4.78, 5) is 23.7. The number of esters is 2. The fourth-order valence-electron chi connectivity index (χ4n) is 2.10. The average Bonchev–Trinajstić information content (AvgIpc) is 2.31. The van der Waals surface area contributed by atoms with Gasteiger partial charge in [0.15, 0.2) is 0 Å². The van der Waals surface area contributed by atoms with Crippen molar-refractivity contribution in [3.8, 4) is 0 Å². The van der Waals surface area contributed by atoms with Gasteiger partial charge in [0.05, 0.1) is 11.8 Å². The normalized spacial score (nSPS) is 28.2. The van der Waals surface area contributed by atoms with E-state index >= 15 is 0 Å². The van der Waals surface area contributed by atoms with Crippen molar-refractivity contribution in [1.82, 2.24) is 0 Å². The number of hydrogen-bond donors (Lipinski definition) is 0. The molecule has 110 valence electrons. The highest BCUT2D eigenvalue weighted by Gasteiger charge is 2.42. The van der Waals surface area contributed by atoms with E-state index in [0.29, 0.717) is 6.42 Å². The van der Waals surface area contributed by atoms with Crippen LogP contribution in [0.15, 0.2) is 0 Å². The van der Waals surface area contributed by atoms with Crippen molar-refractivity contribution >= 4 is 11.9 Å². The molecule has 0 saturated carbocycles. The third-order valence-corrected chi connectivity index (χ3v) is 3.98. The van der Waals surface area contributed by atoms with Crippen LogP contribution in [-0.4, -0.2) is 24.1 Å². The molecule has 1 fully saturated rings. The highest BCUT2D eigenvalue weighted by atomic mass is 16.6. The molecule has 1 aliphatic rings. The van der Waals surface area contributed by atoms with E-state index in [1.165, 1.54) is 0 Å². The Morgan fingerprint density at radius 3 is 2.53 bits per heavy atom. The fourth-order valence-corrected chi connectivity index (χ4v) is 2.10. The van der Waals surface area contributed by atoms with Gasteiger partial charge in [-0.3, -0.25) is 9.59 Å². The van der Waals surface area contributed by atoms with E-state index in [2.05, 4.69) is 0 Å². The van der Waals surface area contributed by atoms with E-state index in [-0.39, 0.29) is 36.0 Å². The number of carbonyl (C=O) groups excluding carboxylic acids is 2. The predicted molar refractivity (Wildman–Crippen MR) is 72.5 cm³/mol. The van der Waals surface area contributed by atoms with Crippen LogP contribution in [0.25, 0.3) is 0 Å². The molecule has 0 bridgehead atoms. The minimum atomic E-state index is -0.497. The molecule has 0 N–H and O–H groups in total. The Morgan fingerprint density at radius 2 is 2.05 bits per heavy atom. The van der Waals surface area contributed by atoms with Crippen LogP contribution in [0, 0.1) is 17.3 Å². The lowest BCUT2D eigenvalue weighted by molar-refractivity contribution is -0.193. The molecular weight excluding hydrogens is 244 g/mol. The number of carbonyl (C=O) groups is 2. The van der Waals surface area contributed by atoms with Gasteiger partial charge in [0.2, 0.25) is 0 Å². The number of hydrogen-bond acceptors (Lipinski definition) is 4. The lowest BCUT2D eigenvalue weighted by Crippen LogP contribution is -2.48. The summed E-state index contributed by atoms with van der Waals surface area (Å²) in [7, 11) is 0. The standard InChI is InChI=1S/C15H26O4/c1-7-15(5,6)14(17)19-13-10(4)8-11(16)18-12(13)9(2)3/h9-10,12-13H,7-8H2,1-6H3. The van der Waals surface area contributed by atoms with Crippen molar-refractivity contribution < 1.29 is 19.1 Å². The first-order valence-electron chi connectivity index (χ1n) is 7.09.